The second-order valence-electron chi connectivity index (χ2n) is 4.14. The molecule has 15 heavy (non-hydrogen) atoms. The van der Waals surface area contributed by atoms with Gasteiger partial charge in [-0.05, 0) is 27.7 Å². The molecule has 0 saturated heterocycles. The Kier molecular flexibility index (Phi) is 5.49. The highest BCUT2D eigenvalue weighted by Crippen LogP contribution is 2.06. The van der Waals surface area contributed by atoms with Crippen molar-refractivity contribution in [1.82, 2.24) is 5.32 Å². The first-order valence-corrected chi connectivity index (χ1v) is 4.60. The molecule has 0 unspecified atom stereocenters. The van der Waals surface area contributed by atoms with E-state index in [1.54, 1.807) is 27.7 Å². The van der Waals surface area contributed by atoms with E-state index < -0.39 is 24.3 Å². The van der Waals surface area contributed by atoms with Gasteiger partial charge in [0.15, 0.2) is 0 Å². The molecule has 90 valence electrons. The molecule has 0 rings (SSSR count). The summed E-state index contributed by atoms with van der Waals surface area (Å²) in [6.45, 7) is 3.61. The Balaban J connectivity index is 3.77. The van der Waals surface area contributed by atoms with Crippen molar-refractivity contribution in [3.05, 3.63) is 0 Å². The van der Waals surface area contributed by atoms with E-state index in [0.717, 1.165) is 0 Å². The van der Waals surface area contributed by atoms with Crippen molar-refractivity contribution in [2.24, 2.45) is 0 Å². The molecule has 0 saturated carbocycles. The molecule has 1 atom stereocenters. The molecular formula is C9H17F2NO3. The zero-order chi connectivity index (χ0) is 12.1. The Labute approximate surface area is 87.9 Å². The first-order valence-electron chi connectivity index (χ1n) is 4.60. The lowest BCUT2D eigenvalue weighted by Gasteiger charge is -2.21. The van der Waals surface area contributed by atoms with Crippen LogP contribution in [-0.2, 0) is 9.47 Å². The van der Waals surface area contributed by atoms with E-state index in [4.69, 9.17) is 4.74 Å². The maximum Gasteiger partial charge on any atom is 0.407 e. The second-order valence-corrected chi connectivity index (χ2v) is 4.14. The van der Waals surface area contributed by atoms with Crippen LogP contribution in [0.15, 0.2) is 0 Å². The van der Waals surface area contributed by atoms with Crippen LogP contribution in [-0.4, -0.2) is 31.0 Å². The van der Waals surface area contributed by atoms with Crippen LogP contribution in [0, 0.1) is 0 Å². The van der Waals surface area contributed by atoms with Gasteiger partial charge in [0.05, 0.1) is 12.6 Å². The van der Waals surface area contributed by atoms with E-state index in [9.17, 15) is 13.6 Å². The van der Waals surface area contributed by atoms with Crippen molar-refractivity contribution in [3.63, 3.8) is 0 Å². The zero-order valence-corrected chi connectivity index (χ0v) is 9.34. The summed E-state index contributed by atoms with van der Waals surface area (Å²) in [4.78, 5) is 11.1. The summed E-state index contributed by atoms with van der Waals surface area (Å²) in [5.74, 6) is 0. The van der Waals surface area contributed by atoms with Crippen LogP contribution in [0.3, 0.4) is 0 Å². The number of alkyl halides is 2. The number of hydrogen-bond acceptors (Lipinski definition) is 3. The molecule has 0 aromatic carbocycles. The number of halogens is 2. The van der Waals surface area contributed by atoms with Crippen molar-refractivity contribution in [2.75, 3.05) is 6.61 Å². The third-order valence-corrected chi connectivity index (χ3v) is 1.24. The van der Waals surface area contributed by atoms with E-state index in [1.165, 1.54) is 0 Å². The lowest BCUT2D eigenvalue weighted by atomic mass is 10.2. The molecule has 6 heteroatoms. The van der Waals surface area contributed by atoms with Crippen LogP contribution in [0.5, 0.6) is 0 Å². The normalized spacial score (nSPS) is 13.8. The molecule has 4 nitrogen and oxygen atoms in total. The first kappa shape index (κ1) is 14.1. The van der Waals surface area contributed by atoms with Gasteiger partial charge in [-0.1, -0.05) is 0 Å². The number of alkyl carbamates (subject to hydrolysis) is 1. The SMILES string of the molecule is C[C@H](COC(F)F)NC(=O)OC(C)(C)C. The van der Waals surface area contributed by atoms with E-state index in [2.05, 4.69) is 10.1 Å². The molecule has 0 aliphatic heterocycles. The average Bonchev–Trinajstić information content (AvgIpc) is 1.96. The molecular weight excluding hydrogens is 208 g/mol. The minimum Gasteiger partial charge on any atom is -0.444 e. The number of rotatable bonds is 4. The maximum absolute atomic E-state index is 11.6. The molecule has 0 aromatic rings. The number of hydrogen-bond donors (Lipinski definition) is 1. The Morgan fingerprint density at radius 2 is 1.93 bits per heavy atom. The predicted molar refractivity (Wildman–Crippen MR) is 50.8 cm³/mol. The predicted octanol–water partition coefficient (Wildman–Crippen LogP) is 2.14. The molecule has 0 spiro atoms. The van der Waals surface area contributed by atoms with E-state index in [0.29, 0.717) is 0 Å². The van der Waals surface area contributed by atoms with Crippen molar-refractivity contribution in [2.45, 2.75) is 45.9 Å². The van der Waals surface area contributed by atoms with Crippen LogP contribution in [0.4, 0.5) is 13.6 Å². The third kappa shape index (κ3) is 9.40. The van der Waals surface area contributed by atoms with Gasteiger partial charge in [0.25, 0.3) is 0 Å². The highest BCUT2D eigenvalue weighted by Gasteiger charge is 2.18. The van der Waals surface area contributed by atoms with E-state index in [1.807, 2.05) is 0 Å². The fraction of sp³-hybridized carbons (Fsp3) is 0.889. The Hall–Kier alpha value is -0.910. The summed E-state index contributed by atoms with van der Waals surface area (Å²) in [5.41, 5.74) is -0.604. The summed E-state index contributed by atoms with van der Waals surface area (Å²) < 4.78 is 32.2. The number of nitrogens with one attached hydrogen (secondary N) is 1. The third-order valence-electron chi connectivity index (χ3n) is 1.24. The van der Waals surface area contributed by atoms with Gasteiger partial charge in [0, 0.05) is 0 Å². The summed E-state index contributed by atoms with van der Waals surface area (Å²) in [5, 5.41) is 2.37. The molecule has 1 amide bonds. The number of ether oxygens (including phenoxy) is 2. The molecule has 0 aliphatic rings. The monoisotopic (exact) mass is 225 g/mol. The Morgan fingerprint density at radius 1 is 1.40 bits per heavy atom. The zero-order valence-electron chi connectivity index (χ0n) is 9.34. The highest BCUT2D eigenvalue weighted by atomic mass is 19.3. The smallest absolute Gasteiger partial charge is 0.407 e. The van der Waals surface area contributed by atoms with Crippen molar-refractivity contribution >= 4 is 6.09 Å². The largest absolute Gasteiger partial charge is 0.444 e. The topological polar surface area (TPSA) is 47.6 Å². The minimum absolute atomic E-state index is 0.253. The Bertz CT molecular complexity index is 204. The first-order chi connectivity index (χ1) is 6.70. The molecule has 1 N–H and O–H groups in total. The number of carbonyl (C=O) groups excluding carboxylic acids is 1. The lowest BCUT2D eigenvalue weighted by Crippen LogP contribution is -2.40. The quantitative estimate of drug-likeness (QED) is 0.797. The van der Waals surface area contributed by atoms with Crippen LogP contribution in [0.25, 0.3) is 0 Å². The number of carbonyl (C=O) groups is 1. The van der Waals surface area contributed by atoms with Gasteiger partial charge in [-0.2, -0.15) is 8.78 Å². The van der Waals surface area contributed by atoms with E-state index in [-0.39, 0.29) is 6.61 Å². The van der Waals surface area contributed by atoms with Crippen molar-refractivity contribution in [1.29, 1.82) is 0 Å². The molecule has 0 fully saturated rings. The van der Waals surface area contributed by atoms with Crippen molar-refractivity contribution < 1.29 is 23.0 Å². The van der Waals surface area contributed by atoms with Gasteiger partial charge in [-0.15, -0.1) is 0 Å². The van der Waals surface area contributed by atoms with Gasteiger partial charge in [0.1, 0.15) is 5.60 Å². The second kappa shape index (κ2) is 5.85. The molecule has 0 aromatic heterocycles. The lowest BCUT2D eigenvalue weighted by molar-refractivity contribution is -0.132. The fourth-order valence-corrected chi connectivity index (χ4v) is 0.767. The number of amides is 1. The van der Waals surface area contributed by atoms with Crippen LogP contribution >= 0.6 is 0 Å². The molecule has 0 bridgehead atoms. The van der Waals surface area contributed by atoms with E-state index >= 15 is 0 Å². The van der Waals surface area contributed by atoms with Crippen LogP contribution < -0.4 is 5.32 Å². The van der Waals surface area contributed by atoms with Gasteiger partial charge in [-0.25, -0.2) is 4.79 Å². The van der Waals surface area contributed by atoms with Crippen LogP contribution in [0.1, 0.15) is 27.7 Å². The van der Waals surface area contributed by atoms with Crippen LogP contribution in [0.2, 0.25) is 0 Å². The summed E-state index contributed by atoms with van der Waals surface area (Å²) in [6, 6.07) is -0.520. The molecule has 0 aliphatic carbocycles. The maximum atomic E-state index is 11.6. The standard InChI is InChI=1S/C9H17F2NO3/c1-6(5-14-7(10)11)12-8(13)15-9(2,3)4/h6-7H,5H2,1-4H3,(H,12,13)/t6-/m1/s1. The van der Waals surface area contributed by atoms with Gasteiger partial charge >= 0.3 is 12.7 Å². The average molecular weight is 225 g/mol. The molecule has 0 heterocycles. The van der Waals surface area contributed by atoms with Gasteiger partial charge in [0.2, 0.25) is 0 Å². The minimum atomic E-state index is -2.83. The summed E-state index contributed by atoms with van der Waals surface area (Å²) in [7, 11) is 0. The molecule has 0 radical (unpaired) electrons. The Morgan fingerprint density at radius 3 is 2.33 bits per heavy atom. The summed E-state index contributed by atoms with van der Waals surface area (Å²) in [6.07, 6.45) is -0.645. The van der Waals surface area contributed by atoms with Crippen molar-refractivity contribution in [3.8, 4) is 0 Å². The summed E-state index contributed by atoms with van der Waals surface area (Å²) >= 11 is 0. The van der Waals surface area contributed by atoms with Gasteiger partial charge < -0.3 is 14.8 Å². The fourth-order valence-electron chi connectivity index (χ4n) is 0.767. The highest BCUT2D eigenvalue weighted by molar-refractivity contribution is 5.68. The van der Waals surface area contributed by atoms with Gasteiger partial charge in [-0.3, -0.25) is 0 Å².